The summed E-state index contributed by atoms with van der Waals surface area (Å²) in [4.78, 5) is 6.20. The first-order valence-electron chi connectivity index (χ1n) is 8.63. The van der Waals surface area contributed by atoms with Crippen LogP contribution >= 0.6 is 11.3 Å². The van der Waals surface area contributed by atoms with Gasteiger partial charge in [0.05, 0.1) is 6.61 Å². The highest BCUT2D eigenvalue weighted by atomic mass is 32.1. The molecule has 0 saturated heterocycles. The van der Waals surface area contributed by atoms with Crippen molar-refractivity contribution in [2.45, 2.75) is 25.7 Å². The molecule has 1 atom stereocenters. The molecule has 0 spiro atoms. The van der Waals surface area contributed by atoms with E-state index in [0.717, 1.165) is 50.8 Å². The molecule has 1 aliphatic heterocycles. The highest BCUT2D eigenvalue weighted by molar-refractivity contribution is 7.09. The molecule has 0 saturated carbocycles. The minimum Gasteiger partial charge on any atom is -0.493 e. The molecule has 0 fully saturated rings. The average molecular weight is 343 g/mol. The zero-order valence-corrected chi connectivity index (χ0v) is 14.9. The third-order valence-corrected chi connectivity index (χ3v) is 5.08. The van der Waals surface area contributed by atoms with Crippen molar-refractivity contribution in [1.82, 2.24) is 10.6 Å². The molecule has 2 heterocycles. The van der Waals surface area contributed by atoms with Gasteiger partial charge in [0.15, 0.2) is 5.96 Å². The van der Waals surface area contributed by atoms with E-state index in [0.29, 0.717) is 5.92 Å². The molecular weight excluding hydrogens is 318 g/mol. The molecule has 0 bridgehead atoms. The van der Waals surface area contributed by atoms with Crippen molar-refractivity contribution in [1.29, 1.82) is 0 Å². The summed E-state index contributed by atoms with van der Waals surface area (Å²) in [7, 11) is 0. The Hall–Kier alpha value is -2.01. The number of rotatable bonds is 6. The fourth-order valence-electron chi connectivity index (χ4n) is 2.91. The normalized spacial score (nSPS) is 17.0. The number of fused-ring (bicyclic) bond motifs is 1. The highest BCUT2D eigenvalue weighted by Gasteiger charge is 2.20. The topological polar surface area (TPSA) is 45.7 Å². The summed E-state index contributed by atoms with van der Waals surface area (Å²) in [6, 6.07) is 12.6. The Balaban J connectivity index is 1.57. The van der Waals surface area contributed by atoms with Crippen molar-refractivity contribution in [2.24, 2.45) is 4.99 Å². The molecular formula is C19H25N3OS. The summed E-state index contributed by atoms with van der Waals surface area (Å²) in [6.07, 6.45) is 2.05. The average Bonchev–Trinajstić information content (AvgIpc) is 3.13. The Bertz CT molecular complexity index is 654. The van der Waals surface area contributed by atoms with Gasteiger partial charge >= 0.3 is 0 Å². The van der Waals surface area contributed by atoms with Gasteiger partial charge in [-0.1, -0.05) is 24.3 Å². The smallest absolute Gasteiger partial charge is 0.191 e. The number of benzene rings is 1. The fourth-order valence-corrected chi connectivity index (χ4v) is 3.62. The first-order chi connectivity index (χ1) is 11.9. The molecule has 1 aromatic heterocycles. The van der Waals surface area contributed by atoms with Crippen LogP contribution in [0.15, 0.2) is 46.8 Å². The number of nitrogens with zero attached hydrogens (tertiary/aromatic N) is 1. The van der Waals surface area contributed by atoms with Gasteiger partial charge in [-0.2, -0.15) is 0 Å². The summed E-state index contributed by atoms with van der Waals surface area (Å²) < 4.78 is 5.74. The van der Waals surface area contributed by atoms with Crippen molar-refractivity contribution in [3.8, 4) is 5.75 Å². The highest BCUT2D eigenvalue weighted by Crippen LogP contribution is 2.33. The van der Waals surface area contributed by atoms with Crippen LogP contribution in [-0.2, 0) is 6.42 Å². The zero-order chi connectivity index (χ0) is 16.6. The van der Waals surface area contributed by atoms with E-state index in [1.165, 1.54) is 10.4 Å². The van der Waals surface area contributed by atoms with E-state index in [4.69, 9.17) is 9.73 Å². The Morgan fingerprint density at radius 2 is 2.17 bits per heavy atom. The second kappa shape index (κ2) is 8.73. The lowest BCUT2D eigenvalue weighted by molar-refractivity contribution is 0.269. The zero-order valence-electron chi connectivity index (χ0n) is 14.1. The van der Waals surface area contributed by atoms with Gasteiger partial charge in [-0.3, -0.25) is 4.99 Å². The number of aliphatic imine (C=N–C) groups is 1. The van der Waals surface area contributed by atoms with Gasteiger partial charge in [0.25, 0.3) is 0 Å². The van der Waals surface area contributed by atoms with E-state index in [9.17, 15) is 0 Å². The Morgan fingerprint density at radius 1 is 1.25 bits per heavy atom. The molecule has 1 aliphatic rings. The lowest BCUT2D eigenvalue weighted by atomic mass is 9.93. The second-order valence-electron chi connectivity index (χ2n) is 5.85. The number of thiophene rings is 1. The molecule has 1 unspecified atom stereocenters. The summed E-state index contributed by atoms with van der Waals surface area (Å²) in [5.41, 5.74) is 1.28. The largest absolute Gasteiger partial charge is 0.493 e. The quantitative estimate of drug-likeness (QED) is 0.624. The molecule has 2 N–H and O–H groups in total. The van der Waals surface area contributed by atoms with Gasteiger partial charge in [-0.15, -0.1) is 11.3 Å². The number of ether oxygens (including phenoxy) is 1. The Kier molecular flexibility index (Phi) is 6.13. The maximum Gasteiger partial charge on any atom is 0.191 e. The standard InChI is InChI=1S/C19H25N3OS/c1-2-20-19(21-11-9-16-6-5-13-24-16)22-14-15-10-12-23-18-8-4-3-7-17(15)18/h3-8,13,15H,2,9-12,14H2,1H3,(H2,20,21,22). The Labute approximate surface area is 148 Å². The van der Waals surface area contributed by atoms with Crippen molar-refractivity contribution in [3.63, 3.8) is 0 Å². The molecule has 0 aliphatic carbocycles. The monoisotopic (exact) mass is 343 g/mol. The third-order valence-electron chi connectivity index (χ3n) is 4.14. The van der Waals surface area contributed by atoms with Crippen LogP contribution in [0.4, 0.5) is 0 Å². The number of hydrogen-bond acceptors (Lipinski definition) is 3. The Morgan fingerprint density at radius 3 is 3.00 bits per heavy atom. The second-order valence-corrected chi connectivity index (χ2v) is 6.88. The first kappa shape index (κ1) is 16.8. The summed E-state index contributed by atoms with van der Waals surface area (Å²) in [6.45, 7) is 5.43. The molecule has 1 aromatic carbocycles. The minimum absolute atomic E-state index is 0.433. The summed E-state index contributed by atoms with van der Waals surface area (Å²) >= 11 is 1.80. The molecule has 0 amide bonds. The lowest BCUT2D eigenvalue weighted by Gasteiger charge is -2.25. The van der Waals surface area contributed by atoms with Crippen molar-refractivity contribution in [3.05, 3.63) is 52.2 Å². The van der Waals surface area contributed by atoms with Crippen LogP contribution in [0.3, 0.4) is 0 Å². The van der Waals surface area contributed by atoms with Crippen molar-refractivity contribution < 1.29 is 4.74 Å². The van der Waals surface area contributed by atoms with Crippen LogP contribution in [0.5, 0.6) is 5.75 Å². The van der Waals surface area contributed by atoms with E-state index in [-0.39, 0.29) is 0 Å². The van der Waals surface area contributed by atoms with Gasteiger partial charge in [0.2, 0.25) is 0 Å². The lowest BCUT2D eigenvalue weighted by Crippen LogP contribution is -2.38. The summed E-state index contributed by atoms with van der Waals surface area (Å²) in [5.74, 6) is 2.35. The fraction of sp³-hybridized carbons (Fsp3) is 0.421. The van der Waals surface area contributed by atoms with Crippen LogP contribution in [0.25, 0.3) is 0 Å². The number of para-hydroxylation sites is 1. The molecule has 3 rings (SSSR count). The van der Waals surface area contributed by atoms with Gasteiger partial charge in [0.1, 0.15) is 5.75 Å². The van der Waals surface area contributed by atoms with Gasteiger partial charge in [-0.05, 0) is 42.8 Å². The van der Waals surface area contributed by atoms with Crippen molar-refractivity contribution in [2.75, 3.05) is 26.2 Å². The predicted molar refractivity (Wildman–Crippen MR) is 101 cm³/mol. The molecule has 128 valence electrons. The number of guanidine groups is 1. The van der Waals surface area contributed by atoms with Crippen LogP contribution < -0.4 is 15.4 Å². The minimum atomic E-state index is 0.433. The van der Waals surface area contributed by atoms with E-state index < -0.39 is 0 Å². The van der Waals surface area contributed by atoms with Gasteiger partial charge < -0.3 is 15.4 Å². The molecule has 2 aromatic rings. The number of hydrogen-bond donors (Lipinski definition) is 2. The first-order valence-corrected chi connectivity index (χ1v) is 9.51. The molecule has 0 radical (unpaired) electrons. The predicted octanol–water partition coefficient (Wildman–Crippen LogP) is 3.41. The van der Waals surface area contributed by atoms with E-state index in [1.807, 2.05) is 6.07 Å². The van der Waals surface area contributed by atoms with E-state index in [2.05, 4.69) is 53.3 Å². The maximum atomic E-state index is 5.74. The van der Waals surface area contributed by atoms with Gasteiger partial charge in [0, 0.05) is 30.4 Å². The van der Waals surface area contributed by atoms with Crippen molar-refractivity contribution >= 4 is 17.3 Å². The maximum absolute atomic E-state index is 5.74. The number of nitrogens with one attached hydrogen (secondary N) is 2. The van der Waals surface area contributed by atoms with E-state index in [1.54, 1.807) is 11.3 Å². The van der Waals surface area contributed by atoms with Crippen LogP contribution in [-0.4, -0.2) is 32.2 Å². The van der Waals surface area contributed by atoms with Crippen LogP contribution in [0.1, 0.15) is 29.7 Å². The molecule has 5 heteroatoms. The third kappa shape index (κ3) is 4.51. The molecule has 4 nitrogen and oxygen atoms in total. The van der Waals surface area contributed by atoms with Gasteiger partial charge in [-0.25, -0.2) is 0 Å². The SMILES string of the molecule is CCNC(=NCC1CCOc2ccccc21)NCCc1cccs1. The summed E-state index contributed by atoms with van der Waals surface area (Å²) in [5, 5.41) is 8.90. The van der Waals surface area contributed by atoms with Crippen LogP contribution in [0, 0.1) is 0 Å². The van der Waals surface area contributed by atoms with E-state index >= 15 is 0 Å². The van der Waals surface area contributed by atoms with Crippen LogP contribution in [0.2, 0.25) is 0 Å². The molecule has 24 heavy (non-hydrogen) atoms.